The molecule has 28 heavy (non-hydrogen) atoms. The van der Waals surface area contributed by atoms with Crippen molar-refractivity contribution in [3.8, 4) is 0 Å². The molecule has 1 fully saturated rings. The number of nitrogens with zero attached hydrogens (tertiary/aromatic N) is 2. The normalized spacial score (nSPS) is 15.9. The molecule has 0 spiro atoms. The molecule has 8 heteroatoms. The van der Waals surface area contributed by atoms with E-state index in [1.165, 1.54) is 23.9 Å². The first-order valence-electron chi connectivity index (χ1n) is 9.90. The van der Waals surface area contributed by atoms with Gasteiger partial charge in [-0.2, -0.15) is 0 Å². The SMILES string of the molecule is CCCCCNC(=O)C1CCN(C(=O)C(C)Sc2ccc([N+](=O)[O-])cc2)CC1. The van der Waals surface area contributed by atoms with Gasteiger partial charge in [0.05, 0.1) is 10.2 Å². The Morgan fingerprint density at radius 2 is 1.89 bits per heavy atom. The number of carbonyl (C=O) groups excluding carboxylic acids is 2. The summed E-state index contributed by atoms with van der Waals surface area (Å²) in [6.07, 6.45) is 4.65. The number of nitrogens with one attached hydrogen (secondary N) is 1. The third-order valence-electron chi connectivity index (χ3n) is 4.97. The van der Waals surface area contributed by atoms with Crippen LogP contribution < -0.4 is 5.32 Å². The van der Waals surface area contributed by atoms with Crippen molar-refractivity contribution in [2.45, 2.75) is 56.1 Å². The van der Waals surface area contributed by atoms with Crippen LogP contribution in [0.4, 0.5) is 5.69 Å². The predicted molar refractivity (Wildman–Crippen MR) is 110 cm³/mol. The number of piperidine rings is 1. The lowest BCUT2D eigenvalue weighted by molar-refractivity contribution is -0.384. The van der Waals surface area contributed by atoms with Crippen LogP contribution in [0.25, 0.3) is 0 Å². The number of amides is 2. The molecule has 1 atom stereocenters. The van der Waals surface area contributed by atoms with E-state index < -0.39 is 4.92 Å². The number of thioether (sulfide) groups is 1. The van der Waals surface area contributed by atoms with Crippen molar-refractivity contribution in [2.24, 2.45) is 5.92 Å². The molecule has 1 aromatic rings. The molecule has 1 saturated heterocycles. The van der Waals surface area contributed by atoms with Gasteiger partial charge >= 0.3 is 0 Å². The minimum atomic E-state index is -0.437. The summed E-state index contributed by atoms with van der Waals surface area (Å²) in [5.41, 5.74) is 0.0402. The number of carbonyl (C=O) groups is 2. The van der Waals surface area contributed by atoms with Gasteiger partial charge in [-0.1, -0.05) is 19.8 Å². The molecule has 1 aliphatic heterocycles. The van der Waals surface area contributed by atoms with Crippen molar-refractivity contribution in [2.75, 3.05) is 19.6 Å². The number of unbranched alkanes of at least 4 members (excludes halogenated alkanes) is 2. The van der Waals surface area contributed by atoms with E-state index >= 15 is 0 Å². The Balaban J connectivity index is 1.77. The van der Waals surface area contributed by atoms with Crippen LogP contribution in [-0.4, -0.2) is 46.5 Å². The van der Waals surface area contributed by atoms with Gasteiger partial charge in [-0.15, -0.1) is 11.8 Å². The average Bonchev–Trinajstić information content (AvgIpc) is 2.71. The smallest absolute Gasteiger partial charge is 0.269 e. The molecule has 0 saturated carbocycles. The fourth-order valence-electron chi connectivity index (χ4n) is 3.25. The third-order valence-corrected chi connectivity index (χ3v) is 6.06. The second-order valence-corrected chi connectivity index (χ2v) is 8.52. The minimum absolute atomic E-state index is 0.0108. The first kappa shape index (κ1) is 22.2. The maximum atomic E-state index is 12.7. The van der Waals surface area contributed by atoms with Crippen LogP contribution in [0.2, 0.25) is 0 Å². The van der Waals surface area contributed by atoms with Gasteiger partial charge < -0.3 is 10.2 Å². The maximum absolute atomic E-state index is 12.7. The van der Waals surface area contributed by atoms with Gasteiger partial charge in [0.2, 0.25) is 11.8 Å². The van der Waals surface area contributed by atoms with Crippen molar-refractivity contribution in [1.29, 1.82) is 0 Å². The number of non-ortho nitro benzene ring substituents is 1. The topological polar surface area (TPSA) is 92.6 Å². The monoisotopic (exact) mass is 407 g/mol. The van der Waals surface area contributed by atoms with Crippen LogP contribution in [0.3, 0.4) is 0 Å². The van der Waals surface area contributed by atoms with E-state index in [2.05, 4.69) is 12.2 Å². The van der Waals surface area contributed by atoms with Crippen LogP contribution in [0.1, 0.15) is 46.0 Å². The number of rotatable bonds is 9. The lowest BCUT2D eigenvalue weighted by Crippen LogP contribution is -2.45. The number of hydrogen-bond donors (Lipinski definition) is 1. The molecular formula is C20H29N3O4S. The van der Waals surface area contributed by atoms with Crippen molar-refractivity contribution in [3.63, 3.8) is 0 Å². The number of benzene rings is 1. The molecule has 2 rings (SSSR count). The van der Waals surface area contributed by atoms with Crippen molar-refractivity contribution in [3.05, 3.63) is 34.4 Å². The Kier molecular flexibility index (Phi) is 8.76. The summed E-state index contributed by atoms with van der Waals surface area (Å²) in [7, 11) is 0. The molecule has 1 unspecified atom stereocenters. The first-order valence-corrected chi connectivity index (χ1v) is 10.8. The minimum Gasteiger partial charge on any atom is -0.356 e. The molecule has 2 amide bonds. The van der Waals surface area contributed by atoms with Crippen LogP contribution in [0.5, 0.6) is 0 Å². The number of nitro groups is 1. The molecule has 1 aliphatic rings. The molecule has 0 bridgehead atoms. The summed E-state index contributed by atoms with van der Waals surface area (Å²) in [4.78, 5) is 37.8. The molecule has 1 aromatic carbocycles. The predicted octanol–water partition coefficient (Wildman–Crippen LogP) is 3.62. The molecule has 1 heterocycles. The summed E-state index contributed by atoms with van der Waals surface area (Å²) in [6, 6.07) is 6.23. The molecule has 1 N–H and O–H groups in total. The van der Waals surface area contributed by atoms with Gasteiger partial charge in [0, 0.05) is 42.6 Å². The average molecular weight is 408 g/mol. The third kappa shape index (κ3) is 6.51. The summed E-state index contributed by atoms with van der Waals surface area (Å²) in [5.74, 6) is 0.143. The molecule has 7 nitrogen and oxygen atoms in total. The van der Waals surface area contributed by atoms with Gasteiger partial charge in [-0.05, 0) is 38.3 Å². The van der Waals surface area contributed by atoms with E-state index in [1.807, 2.05) is 11.8 Å². The Bertz CT molecular complexity index is 673. The summed E-state index contributed by atoms with van der Waals surface area (Å²) >= 11 is 1.40. The molecule has 0 radical (unpaired) electrons. The summed E-state index contributed by atoms with van der Waals surface area (Å²) < 4.78 is 0. The van der Waals surface area contributed by atoms with Crippen LogP contribution in [0.15, 0.2) is 29.2 Å². The lowest BCUT2D eigenvalue weighted by Gasteiger charge is -2.33. The first-order chi connectivity index (χ1) is 13.4. The van der Waals surface area contributed by atoms with Crippen molar-refractivity contribution >= 4 is 29.3 Å². The quantitative estimate of drug-likeness (QED) is 0.292. The van der Waals surface area contributed by atoms with Crippen LogP contribution in [0, 0.1) is 16.0 Å². The highest BCUT2D eigenvalue weighted by Gasteiger charge is 2.29. The lowest BCUT2D eigenvalue weighted by atomic mass is 9.95. The summed E-state index contributed by atoms with van der Waals surface area (Å²) in [6.45, 7) is 5.90. The van der Waals surface area contributed by atoms with Gasteiger partial charge in [-0.3, -0.25) is 19.7 Å². The number of nitro benzene ring substituents is 1. The Labute approximate surface area is 170 Å². The highest BCUT2D eigenvalue weighted by molar-refractivity contribution is 8.00. The van der Waals surface area contributed by atoms with E-state index in [-0.39, 0.29) is 28.7 Å². The van der Waals surface area contributed by atoms with Gasteiger partial charge in [0.15, 0.2) is 0 Å². The molecular weight excluding hydrogens is 378 g/mol. The molecule has 0 aromatic heterocycles. The standard InChI is InChI=1S/C20H29N3O4S/c1-3-4-5-12-21-19(24)16-10-13-22(14-11-16)20(25)15(2)28-18-8-6-17(7-9-18)23(26)27/h6-9,15-16H,3-5,10-14H2,1-2H3,(H,21,24). The largest absolute Gasteiger partial charge is 0.356 e. The zero-order chi connectivity index (χ0) is 20.5. The van der Waals surface area contributed by atoms with Gasteiger partial charge in [0.25, 0.3) is 5.69 Å². The summed E-state index contributed by atoms with van der Waals surface area (Å²) in [5, 5.41) is 13.4. The van der Waals surface area contributed by atoms with E-state index in [0.29, 0.717) is 25.9 Å². The fraction of sp³-hybridized carbons (Fsp3) is 0.600. The Morgan fingerprint density at radius 1 is 1.25 bits per heavy atom. The van der Waals surface area contributed by atoms with E-state index in [1.54, 1.807) is 12.1 Å². The highest BCUT2D eigenvalue weighted by atomic mass is 32.2. The van der Waals surface area contributed by atoms with Crippen LogP contribution >= 0.6 is 11.8 Å². The fourth-order valence-corrected chi connectivity index (χ4v) is 4.20. The van der Waals surface area contributed by atoms with E-state index in [0.717, 1.165) is 30.7 Å². The van der Waals surface area contributed by atoms with Gasteiger partial charge in [0.1, 0.15) is 0 Å². The zero-order valence-corrected chi connectivity index (χ0v) is 17.4. The van der Waals surface area contributed by atoms with Crippen molar-refractivity contribution in [1.82, 2.24) is 10.2 Å². The van der Waals surface area contributed by atoms with E-state index in [4.69, 9.17) is 0 Å². The van der Waals surface area contributed by atoms with Crippen molar-refractivity contribution < 1.29 is 14.5 Å². The zero-order valence-electron chi connectivity index (χ0n) is 16.6. The second-order valence-electron chi connectivity index (χ2n) is 7.11. The van der Waals surface area contributed by atoms with E-state index in [9.17, 15) is 19.7 Å². The van der Waals surface area contributed by atoms with Gasteiger partial charge in [-0.25, -0.2) is 0 Å². The van der Waals surface area contributed by atoms with Crippen LogP contribution in [-0.2, 0) is 9.59 Å². The number of hydrogen-bond acceptors (Lipinski definition) is 5. The molecule has 0 aliphatic carbocycles. The Morgan fingerprint density at radius 3 is 2.46 bits per heavy atom. The Hall–Kier alpha value is -2.09. The molecule has 154 valence electrons. The maximum Gasteiger partial charge on any atom is 0.269 e. The number of likely N-dealkylation sites (tertiary alicyclic amines) is 1. The highest BCUT2D eigenvalue weighted by Crippen LogP contribution is 2.28. The second kappa shape index (κ2) is 11.0.